The van der Waals surface area contributed by atoms with E-state index in [2.05, 4.69) is 36.5 Å². The molecule has 0 saturated carbocycles. The van der Waals surface area contributed by atoms with Crippen LogP contribution >= 0.6 is 0 Å². The fourth-order valence-corrected chi connectivity index (χ4v) is 2.14. The molecule has 0 aromatic rings. The number of hydrogen-bond donors (Lipinski definition) is 1. The van der Waals surface area contributed by atoms with Crippen molar-refractivity contribution < 1.29 is 9.53 Å². The zero-order chi connectivity index (χ0) is 13.1. The highest BCUT2D eigenvalue weighted by Gasteiger charge is 2.27. The Labute approximate surface area is 108 Å². The molecule has 1 N–H and O–H groups in total. The Morgan fingerprint density at radius 3 is 3.00 bits per heavy atom. The summed E-state index contributed by atoms with van der Waals surface area (Å²) in [6, 6.07) is 0.172. The third kappa shape index (κ3) is 2.55. The third-order valence-corrected chi connectivity index (χ3v) is 3.17. The molecule has 3 heteroatoms. The quantitative estimate of drug-likeness (QED) is 0.776. The van der Waals surface area contributed by atoms with E-state index in [1.54, 1.807) is 0 Å². The Kier molecular flexibility index (Phi) is 3.70. The molecule has 3 nitrogen and oxygen atoms in total. The first-order chi connectivity index (χ1) is 8.61. The number of hydrogen-bond acceptors (Lipinski definition) is 3. The van der Waals surface area contributed by atoms with E-state index in [9.17, 15) is 4.79 Å². The topological polar surface area (TPSA) is 38.3 Å². The van der Waals surface area contributed by atoms with Crippen LogP contribution in [-0.4, -0.2) is 18.6 Å². The highest BCUT2D eigenvalue weighted by Crippen LogP contribution is 2.25. The minimum absolute atomic E-state index is 0.172. The van der Waals surface area contributed by atoms with Crippen LogP contribution in [0.1, 0.15) is 20.8 Å². The van der Waals surface area contributed by atoms with Crippen LogP contribution in [0.2, 0.25) is 0 Å². The summed E-state index contributed by atoms with van der Waals surface area (Å²) in [4.78, 5) is 11.7. The molecule has 18 heavy (non-hydrogen) atoms. The van der Waals surface area contributed by atoms with E-state index >= 15 is 0 Å². The van der Waals surface area contributed by atoms with E-state index in [1.165, 1.54) is 11.1 Å². The lowest BCUT2D eigenvalue weighted by Crippen LogP contribution is -2.28. The van der Waals surface area contributed by atoms with Gasteiger partial charge in [-0.1, -0.05) is 29.9 Å². The second-order valence-corrected chi connectivity index (χ2v) is 4.64. The molecule has 0 spiro atoms. The summed E-state index contributed by atoms with van der Waals surface area (Å²) in [5, 5.41) is 3.36. The lowest BCUT2D eigenvalue weighted by molar-refractivity contribution is -0.146. The van der Waals surface area contributed by atoms with Crippen LogP contribution in [0.25, 0.3) is 0 Å². The first-order valence-corrected chi connectivity index (χ1v) is 6.33. The van der Waals surface area contributed by atoms with Crippen LogP contribution in [-0.2, 0) is 9.53 Å². The van der Waals surface area contributed by atoms with E-state index in [-0.39, 0.29) is 17.9 Å². The first-order valence-electron chi connectivity index (χ1n) is 6.33. The van der Waals surface area contributed by atoms with Gasteiger partial charge in [0.25, 0.3) is 0 Å². The third-order valence-electron chi connectivity index (χ3n) is 3.17. The van der Waals surface area contributed by atoms with Crippen LogP contribution in [0.4, 0.5) is 0 Å². The first kappa shape index (κ1) is 12.7. The number of carbonyl (C=O) groups excluding carboxylic acids is 1. The van der Waals surface area contributed by atoms with Crippen molar-refractivity contribution in [2.45, 2.75) is 26.8 Å². The van der Waals surface area contributed by atoms with E-state index in [1.807, 2.05) is 19.9 Å². The molecule has 2 aliphatic rings. The molecule has 0 aromatic carbocycles. The van der Waals surface area contributed by atoms with Gasteiger partial charge in [0.05, 0.1) is 18.6 Å². The summed E-state index contributed by atoms with van der Waals surface area (Å²) in [7, 11) is 0. The van der Waals surface area contributed by atoms with Crippen molar-refractivity contribution >= 4 is 5.97 Å². The summed E-state index contributed by atoms with van der Waals surface area (Å²) in [6.07, 6.45) is 10.4. The van der Waals surface area contributed by atoms with Crippen molar-refractivity contribution in [1.82, 2.24) is 5.32 Å². The van der Waals surface area contributed by atoms with Crippen LogP contribution in [0, 0.1) is 5.92 Å². The number of nitrogens with one attached hydrogen (secondary N) is 1. The molecular weight excluding hydrogens is 226 g/mol. The minimum Gasteiger partial charge on any atom is -0.465 e. The van der Waals surface area contributed by atoms with Crippen molar-refractivity contribution in [2.24, 2.45) is 5.92 Å². The summed E-state index contributed by atoms with van der Waals surface area (Å²) in [5.41, 5.74) is 3.35. The van der Waals surface area contributed by atoms with Gasteiger partial charge in [0, 0.05) is 5.70 Å². The second-order valence-electron chi connectivity index (χ2n) is 4.64. The second kappa shape index (κ2) is 5.25. The number of ether oxygens (including phenoxy) is 1. The summed E-state index contributed by atoms with van der Waals surface area (Å²) in [5.74, 6) is -0.417. The predicted octanol–water partition coefficient (Wildman–Crippen LogP) is 2.48. The van der Waals surface area contributed by atoms with Gasteiger partial charge in [-0.05, 0) is 32.4 Å². The van der Waals surface area contributed by atoms with E-state index in [0.717, 1.165) is 5.70 Å². The maximum atomic E-state index is 11.7. The lowest BCUT2D eigenvalue weighted by atomic mass is 10.1. The molecule has 1 aliphatic heterocycles. The van der Waals surface area contributed by atoms with Gasteiger partial charge >= 0.3 is 5.97 Å². The fraction of sp³-hybridized carbons (Fsp3) is 0.400. The average molecular weight is 245 g/mol. The summed E-state index contributed by atoms with van der Waals surface area (Å²) >= 11 is 0. The number of esters is 1. The summed E-state index contributed by atoms with van der Waals surface area (Å²) in [6.45, 7) is 6.18. The Balaban J connectivity index is 2.17. The standard InChI is InChI=1S/C15H19NO2/c1-4-18-15(17)11(3)14-9-12-8-10(2)6-5-7-13(12)16-14/h5-9,11,13,16H,4H2,1-3H3. The molecule has 0 fully saturated rings. The summed E-state index contributed by atoms with van der Waals surface area (Å²) < 4.78 is 5.05. The fourth-order valence-electron chi connectivity index (χ4n) is 2.14. The zero-order valence-electron chi connectivity index (χ0n) is 11.1. The van der Waals surface area contributed by atoms with E-state index < -0.39 is 0 Å². The average Bonchev–Trinajstić information content (AvgIpc) is 2.64. The molecule has 2 rings (SSSR count). The van der Waals surface area contributed by atoms with Gasteiger partial charge in [-0.25, -0.2) is 0 Å². The molecule has 96 valence electrons. The maximum Gasteiger partial charge on any atom is 0.314 e. The van der Waals surface area contributed by atoms with E-state index in [4.69, 9.17) is 4.74 Å². The van der Waals surface area contributed by atoms with Crippen molar-refractivity contribution in [3.63, 3.8) is 0 Å². The highest BCUT2D eigenvalue weighted by molar-refractivity contribution is 5.76. The Bertz CT molecular complexity index is 469. The zero-order valence-corrected chi connectivity index (χ0v) is 11.1. The predicted molar refractivity (Wildman–Crippen MR) is 71.8 cm³/mol. The lowest BCUT2D eigenvalue weighted by Gasteiger charge is -2.15. The highest BCUT2D eigenvalue weighted by atomic mass is 16.5. The number of carbonyl (C=O) groups is 1. The van der Waals surface area contributed by atoms with Crippen LogP contribution in [0.3, 0.4) is 0 Å². The van der Waals surface area contributed by atoms with Crippen LogP contribution < -0.4 is 5.32 Å². The van der Waals surface area contributed by atoms with Gasteiger partial charge < -0.3 is 10.1 Å². The maximum absolute atomic E-state index is 11.7. The number of fused-ring (bicyclic) bond motifs is 1. The molecule has 0 saturated heterocycles. The molecule has 0 amide bonds. The molecule has 2 atom stereocenters. The largest absolute Gasteiger partial charge is 0.465 e. The Hall–Kier alpha value is -1.77. The molecule has 0 bridgehead atoms. The van der Waals surface area contributed by atoms with Crippen molar-refractivity contribution in [3.05, 3.63) is 47.2 Å². The molecular formula is C15H19NO2. The van der Waals surface area contributed by atoms with Crippen molar-refractivity contribution in [1.29, 1.82) is 0 Å². The van der Waals surface area contributed by atoms with Crippen LogP contribution in [0.15, 0.2) is 47.2 Å². The molecule has 2 unspecified atom stereocenters. The van der Waals surface area contributed by atoms with Gasteiger partial charge in [-0.15, -0.1) is 0 Å². The van der Waals surface area contributed by atoms with Crippen LogP contribution in [0.5, 0.6) is 0 Å². The molecule has 0 aromatic heterocycles. The Morgan fingerprint density at radius 2 is 2.28 bits per heavy atom. The van der Waals surface area contributed by atoms with Crippen molar-refractivity contribution in [3.8, 4) is 0 Å². The number of allylic oxidation sites excluding steroid dienone is 4. The Morgan fingerprint density at radius 1 is 1.50 bits per heavy atom. The number of rotatable bonds is 3. The SMILES string of the molecule is CCOC(=O)C(C)C1=CC2=CC(C)=CC=CC2N1. The van der Waals surface area contributed by atoms with Crippen molar-refractivity contribution in [2.75, 3.05) is 6.61 Å². The molecule has 1 aliphatic carbocycles. The molecule has 1 heterocycles. The monoisotopic (exact) mass is 245 g/mol. The van der Waals surface area contributed by atoms with E-state index in [0.29, 0.717) is 6.61 Å². The van der Waals surface area contributed by atoms with Gasteiger partial charge in [-0.3, -0.25) is 4.79 Å². The minimum atomic E-state index is -0.240. The van der Waals surface area contributed by atoms with Gasteiger partial charge in [0.2, 0.25) is 0 Å². The normalized spacial score (nSPS) is 23.1. The van der Waals surface area contributed by atoms with Gasteiger partial charge in [0.15, 0.2) is 0 Å². The van der Waals surface area contributed by atoms with Gasteiger partial charge in [0.1, 0.15) is 0 Å². The smallest absolute Gasteiger partial charge is 0.314 e. The molecule has 0 radical (unpaired) electrons. The van der Waals surface area contributed by atoms with Gasteiger partial charge in [-0.2, -0.15) is 0 Å².